The van der Waals surface area contributed by atoms with Gasteiger partial charge >= 0.3 is 5.97 Å². The Morgan fingerprint density at radius 3 is 2.26 bits per heavy atom. The maximum absolute atomic E-state index is 11.9. The molecule has 9 heteroatoms. The molecule has 2 aromatic carbocycles. The van der Waals surface area contributed by atoms with Gasteiger partial charge in [-0.1, -0.05) is 12.1 Å². The molecule has 134 valence electrons. The van der Waals surface area contributed by atoms with Gasteiger partial charge < -0.3 is 4.74 Å². The van der Waals surface area contributed by atoms with Gasteiger partial charge in [0.25, 0.3) is 11.4 Å². The Bertz CT molecular complexity index is 1020. The Morgan fingerprint density at radius 2 is 1.59 bits per heavy atom. The maximum Gasteiger partial charge on any atom is 0.363 e. The summed E-state index contributed by atoms with van der Waals surface area (Å²) in [4.78, 5) is 36.3. The Kier molecular flexibility index (Phi) is 4.84. The molecular weight excluding hydrogens is 354 g/mol. The topological polar surface area (TPSA) is 125 Å². The third-order valence-electron chi connectivity index (χ3n) is 3.54. The van der Waals surface area contributed by atoms with Crippen LogP contribution in [0.3, 0.4) is 0 Å². The summed E-state index contributed by atoms with van der Waals surface area (Å²) in [6.45, 7) is 0. The average molecular weight is 365 g/mol. The molecular formula is C18H11N3O6. The molecule has 0 N–H and O–H groups in total. The molecule has 0 unspecified atom stereocenters. The van der Waals surface area contributed by atoms with Gasteiger partial charge in [-0.15, -0.1) is 0 Å². The Morgan fingerprint density at radius 1 is 0.889 bits per heavy atom. The molecule has 2 aromatic rings. The highest BCUT2D eigenvalue weighted by Crippen LogP contribution is 2.19. The van der Waals surface area contributed by atoms with Crippen LogP contribution in [0.5, 0.6) is 0 Å². The molecule has 1 heterocycles. The van der Waals surface area contributed by atoms with E-state index in [-0.39, 0.29) is 23.0 Å². The van der Waals surface area contributed by atoms with E-state index in [4.69, 9.17) is 4.74 Å². The van der Waals surface area contributed by atoms with Crippen molar-refractivity contribution in [1.29, 1.82) is 0 Å². The molecule has 3 rings (SSSR count). The zero-order valence-corrected chi connectivity index (χ0v) is 13.6. The highest BCUT2D eigenvalue weighted by Gasteiger charge is 2.21. The first-order valence-corrected chi connectivity index (χ1v) is 7.62. The van der Waals surface area contributed by atoms with Gasteiger partial charge in [0.2, 0.25) is 5.90 Å². The minimum atomic E-state index is -0.660. The quantitative estimate of drug-likeness (QED) is 0.345. The van der Waals surface area contributed by atoms with E-state index in [0.29, 0.717) is 11.1 Å². The maximum atomic E-state index is 11.9. The number of nitro benzene ring substituents is 2. The molecule has 0 atom stereocenters. The number of hydrogen-bond donors (Lipinski definition) is 0. The predicted molar refractivity (Wildman–Crippen MR) is 96.7 cm³/mol. The number of ether oxygens (including phenoxy) is 1. The van der Waals surface area contributed by atoms with Crippen molar-refractivity contribution in [3.63, 3.8) is 0 Å². The van der Waals surface area contributed by atoms with Crippen LogP contribution in [0.25, 0.3) is 12.2 Å². The molecule has 0 bridgehead atoms. The summed E-state index contributed by atoms with van der Waals surface area (Å²) in [5.74, 6) is -0.619. The van der Waals surface area contributed by atoms with E-state index >= 15 is 0 Å². The highest BCUT2D eigenvalue weighted by molar-refractivity contribution is 6.11. The van der Waals surface area contributed by atoms with Crippen molar-refractivity contribution >= 4 is 35.4 Å². The van der Waals surface area contributed by atoms with E-state index in [1.807, 2.05) is 0 Å². The molecule has 1 aliphatic rings. The number of nitrogens with zero attached hydrogens (tertiary/aromatic N) is 3. The lowest BCUT2D eigenvalue weighted by Gasteiger charge is -1.95. The number of cyclic esters (lactones) is 1. The lowest BCUT2D eigenvalue weighted by atomic mass is 10.2. The molecule has 9 nitrogen and oxygen atoms in total. The number of nitro groups is 2. The Hall–Kier alpha value is -4.14. The van der Waals surface area contributed by atoms with Crippen LogP contribution in [0.1, 0.15) is 11.1 Å². The monoisotopic (exact) mass is 365 g/mol. The molecule has 1 aliphatic heterocycles. The fraction of sp³-hybridized carbons (Fsp3) is 0. The SMILES string of the molecule is O=C1OC(/C=C/c2cccc([N+](=O)[O-])c2)=NC/1=C\c1ccc([N+](=O)[O-])cc1. The first-order chi connectivity index (χ1) is 12.9. The van der Waals surface area contributed by atoms with Gasteiger partial charge in [0.15, 0.2) is 5.70 Å². The van der Waals surface area contributed by atoms with Crippen molar-refractivity contribution in [3.8, 4) is 0 Å². The van der Waals surface area contributed by atoms with E-state index in [0.717, 1.165) is 0 Å². The van der Waals surface area contributed by atoms with Crippen LogP contribution in [0.4, 0.5) is 11.4 Å². The second kappa shape index (κ2) is 7.40. The third-order valence-corrected chi connectivity index (χ3v) is 3.54. The van der Waals surface area contributed by atoms with Crippen molar-refractivity contribution in [2.24, 2.45) is 4.99 Å². The second-order valence-electron chi connectivity index (χ2n) is 5.40. The van der Waals surface area contributed by atoms with Crippen molar-refractivity contribution in [3.05, 3.63) is 91.7 Å². The highest BCUT2D eigenvalue weighted by atomic mass is 16.6. The van der Waals surface area contributed by atoms with Crippen LogP contribution in [0.15, 0.2) is 65.3 Å². The summed E-state index contributed by atoms with van der Waals surface area (Å²) in [7, 11) is 0. The number of carbonyl (C=O) groups is 1. The summed E-state index contributed by atoms with van der Waals surface area (Å²) in [5.41, 5.74) is 1.04. The molecule has 0 amide bonds. The lowest BCUT2D eigenvalue weighted by Crippen LogP contribution is -2.01. The fourth-order valence-electron chi connectivity index (χ4n) is 2.26. The number of aliphatic imine (C=N–C) groups is 1. The zero-order chi connectivity index (χ0) is 19.4. The van der Waals surface area contributed by atoms with E-state index in [2.05, 4.69) is 4.99 Å². The smallest absolute Gasteiger partial charge is 0.363 e. The van der Waals surface area contributed by atoms with Crippen molar-refractivity contribution < 1.29 is 19.4 Å². The largest absolute Gasteiger partial charge is 0.403 e. The number of hydrogen-bond acceptors (Lipinski definition) is 7. The molecule has 0 spiro atoms. The van der Waals surface area contributed by atoms with Crippen LogP contribution in [0.2, 0.25) is 0 Å². The first kappa shape index (κ1) is 17.7. The number of non-ortho nitro benzene ring substituents is 2. The van der Waals surface area contributed by atoms with Crippen molar-refractivity contribution in [1.82, 2.24) is 0 Å². The molecule has 0 radical (unpaired) electrons. The van der Waals surface area contributed by atoms with Crippen LogP contribution in [-0.4, -0.2) is 21.7 Å². The lowest BCUT2D eigenvalue weighted by molar-refractivity contribution is -0.385. The summed E-state index contributed by atoms with van der Waals surface area (Å²) in [6.07, 6.45) is 4.40. The first-order valence-electron chi connectivity index (χ1n) is 7.62. The van der Waals surface area contributed by atoms with Crippen LogP contribution in [0, 0.1) is 20.2 Å². The van der Waals surface area contributed by atoms with E-state index in [9.17, 15) is 25.0 Å². The average Bonchev–Trinajstić information content (AvgIpc) is 3.00. The van der Waals surface area contributed by atoms with Crippen molar-refractivity contribution in [2.45, 2.75) is 0 Å². The Labute approximate surface area is 152 Å². The third kappa shape index (κ3) is 4.28. The molecule has 27 heavy (non-hydrogen) atoms. The summed E-state index contributed by atoms with van der Waals surface area (Å²) in [5, 5.41) is 21.4. The van der Waals surface area contributed by atoms with Crippen LogP contribution >= 0.6 is 0 Å². The number of esters is 1. The van der Waals surface area contributed by atoms with Crippen molar-refractivity contribution in [2.75, 3.05) is 0 Å². The fourth-order valence-corrected chi connectivity index (χ4v) is 2.26. The molecule has 0 saturated heterocycles. The van der Waals surface area contributed by atoms with Gasteiger partial charge in [-0.3, -0.25) is 20.2 Å². The van der Waals surface area contributed by atoms with Gasteiger partial charge in [0.05, 0.1) is 9.85 Å². The minimum Gasteiger partial charge on any atom is -0.403 e. The predicted octanol–water partition coefficient (Wildman–Crippen LogP) is 3.51. The van der Waals surface area contributed by atoms with Gasteiger partial charge in [0, 0.05) is 30.3 Å². The standard InChI is InChI=1S/C18H11N3O6/c22-18-16(11-13-4-7-14(8-5-13)20(23)24)19-17(27-18)9-6-12-2-1-3-15(10-12)21(25)26/h1-11H/b9-6+,16-11-. The van der Waals surface area contributed by atoms with E-state index in [1.165, 1.54) is 54.6 Å². The molecule has 0 saturated carbocycles. The number of rotatable bonds is 5. The Balaban J connectivity index is 1.78. The molecule has 0 fully saturated rings. The summed E-state index contributed by atoms with van der Waals surface area (Å²) < 4.78 is 5.02. The van der Waals surface area contributed by atoms with Gasteiger partial charge in [-0.2, -0.15) is 0 Å². The number of benzene rings is 2. The van der Waals surface area contributed by atoms with Crippen LogP contribution < -0.4 is 0 Å². The summed E-state index contributed by atoms with van der Waals surface area (Å²) >= 11 is 0. The zero-order valence-electron chi connectivity index (χ0n) is 13.6. The van der Waals surface area contributed by atoms with Gasteiger partial charge in [0.1, 0.15) is 0 Å². The normalized spacial score (nSPS) is 15.0. The molecule has 0 aliphatic carbocycles. The van der Waals surface area contributed by atoms with Gasteiger partial charge in [-0.05, 0) is 35.4 Å². The summed E-state index contributed by atoms with van der Waals surface area (Å²) in [6, 6.07) is 11.6. The molecule has 0 aromatic heterocycles. The minimum absolute atomic E-state index is 0.0414. The van der Waals surface area contributed by atoms with Gasteiger partial charge in [-0.25, -0.2) is 9.79 Å². The number of carbonyl (C=O) groups excluding carboxylic acids is 1. The van der Waals surface area contributed by atoms with E-state index < -0.39 is 15.8 Å². The van der Waals surface area contributed by atoms with E-state index in [1.54, 1.807) is 12.1 Å². The second-order valence-corrected chi connectivity index (χ2v) is 5.40. The van der Waals surface area contributed by atoms with Crippen LogP contribution in [-0.2, 0) is 9.53 Å².